The third-order valence-corrected chi connectivity index (χ3v) is 35.5. The number of ketones is 1. The van der Waals surface area contributed by atoms with Gasteiger partial charge in [-0.25, -0.2) is 4.98 Å². The van der Waals surface area contributed by atoms with Crippen molar-refractivity contribution in [2.75, 3.05) is 55.1 Å². The second-order valence-corrected chi connectivity index (χ2v) is 44.1. The van der Waals surface area contributed by atoms with Gasteiger partial charge in [-0.15, -0.1) is 0 Å². The summed E-state index contributed by atoms with van der Waals surface area (Å²) < 4.78 is 18.5. The van der Waals surface area contributed by atoms with Gasteiger partial charge in [0.15, 0.2) is 11.7 Å². The molecule has 13 aliphatic heterocycles. The highest BCUT2D eigenvalue weighted by Gasteiger charge is 2.55. The van der Waals surface area contributed by atoms with E-state index in [1.54, 1.807) is 0 Å². The van der Waals surface area contributed by atoms with E-state index in [0.717, 1.165) is 138 Å². The van der Waals surface area contributed by atoms with E-state index in [0.29, 0.717) is 113 Å². The van der Waals surface area contributed by atoms with Crippen molar-refractivity contribution in [3.8, 4) is 11.3 Å². The predicted octanol–water partition coefficient (Wildman–Crippen LogP) is 20.9. The number of benzene rings is 7. The minimum Gasteiger partial charge on any atom is -0.469 e. The standard InChI is InChI=1S/C24H26N2O.C20H27NO2.C19H25ClN2O.C17H22INO.C17H23NO2.C16H21ClN2O2/c1-16-8-10-17(11-9-16)20-14-19-12-13-21(26(19)2)23(20)24-25-15-22(27-24)18-6-4-3-5-7-18;1-13-6-8-14(9-7-13)17-12-15-10-11-18(21(15)2)19(17)20(22)23-16-4-3-5-16;1-21-15-8-9-17(21)18(19(23)22-10-2-3-11-22)16(12-15)13-4-6-14(20)7-5-13;1-10(2)17(20)16-14(9-13-7-8-15(16)19-13)11-3-5-12(18)6-4-11;1-3-11-4-6-12(7-5-11)14-10-13-8-9-15(18-13)16(14)17(19)20-2;1-19-12-6-7-14(19)15(16(21)18-9-20)13(8-12)10-2-4-11(17)5-3-10/h3-11,15,19-21,23H,12-14H2,1-2H3;6-9,15-19H,3-5,10-12H2,1-2H3;4-7,15-18H,2-3,8-12H2,1H3;3-6,10,13-16,19H,7-9H2,1-2H3;4-7,13-16,18H,3,8-10H2,1-2H3;2-5,12-15,20H,6-9H2,1H3,(H,18,21). The molecule has 1 aliphatic carbocycles. The first-order valence-corrected chi connectivity index (χ1v) is 52.6. The lowest BCUT2D eigenvalue weighted by atomic mass is 9.73. The number of amides is 2. The zero-order valence-electron chi connectivity index (χ0n) is 80.5. The minimum atomic E-state index is -0.303. The van der Waals surface area contributed by atoms with E-state index >= 15 is 0 Å². The van der Waals surface area contributed by atoms with Crippen molar-refractivity contribution in [3.05, 3.63) is 252 Å². The summed E-state index contributed by atoms with van der Waals surface area (Å²) in [5.41, 5.74) is 12.9. The molecule has 14 fully saturated rings. The number of likely N-dealkylation sites (tertiary alicyclic amines) is 1. The van der Waals surface area contributed by atoms with Gasteiger partial charge in [0.1, 0.15) is 18.6 Å². The molecular formula is C113H144Cl2IN9O9. The van der Waals surface area contributed by atoms with E-state index in [2.05, 4.69) is 233 Å². The molecule has 14 aliphatic rings. The van der Waals surface area contributed by atoms with Gasteiger partial charge in [-0.05, 0) is 318 Å². The number of hydrogen-bond acceptors (Lipinski definition) is 16. The molecule has 24 atom stereocenters. The number of piperidine rings is 6. The summed E-state index contributed by atoms with van der Waals surface area (Å²) in [5, 5.41) is 20.4. The van der Waals surface area contributed by atoms with Crippen LogP contribution in [0.25, 0.3) is 11.3 Å². The number of ether oxygens (including phenoxy) is 2. The van der Waals surface area contributed by atoms with Gasteiger partial charge in [-0.1, -0.05) is 195 Å². The smallest absolute Gasteiger partial charge is 0.311 e. The van der Waals surface area contributed by atoms with Gasteiger partial charge in [0.25, 0.3) is 0 Å². The van der Waals surface area contributed by atoms with Gasteiger partial charge in [-0.3, -0.25) is 43.6 Å². The van der Waals surface area contributed by atoms with Crippen LogP contribution in [0.5, 0.6) is 0 Å². The molecule has 1 aromatic heterocycles. The maximum absolute atomic E-state index is 13.3. The van der Waals surface area contributed by atoms with E-state index in [4.69, 9.17) is 47.2 Å². The number of aliphatic hydroxyl groups is 1. The third kappa shape index (κ3) is 21.7. The van der Waals surface area contributed by atoms with E-state index in [9.17, 15) is 24.0 Å². The predicted molar refractivity (Wildman–Crippen MR) is 541 cm³/mol. The number of fused-ring (bicyclic) bond motifs is 12. The number of oxazole rings is 1. The highest BCUT2D eigenvalue weighted by molar-refractivity contribution is 14.1. The molecule has 0 radical (unpaired) electrons. The summed E-state index contributed by atoms with van der Waals surface area (Å²) in [4.78, 5) is 80.3. The van der Waals surface area contributed by atoms with Crippen LogP contribution in [-0.2, 0) is 39.9 Å². The highest BCUT2D eigenvalue weighted by atomic mass is 127. The first kappa shape index (κ1) is 98.0. The van der Waals surface area contributed by atoms with Crippen LogP contribution < -0.4 is 16.0 Å². The molecule has 8 aromatic rings. The molecule has 18 nitrogen and oxygen atoms in total. The summed E-state index contributed by atoms with van der Waals surface area (Å²) in [6.07, 6.45) is 29.4. The Morgan fingerprint density at radius 1 is 0.485 bits per heavy atom. The van der Waals surface area contributed by atoms with E-state index in [1.165, 1.54) is 112 Å². The summed E-state index contributed by atoms with van der Waals surface area (Å²) in [6, 6.07) is 67.6. The van der Waals surface area contributed by atoms with Crippen molar-refractivity contribution in [1.29, 1.82) is 0 Å². The second kappa shape index (κ2) is 44.2. The van der Waals surface area contributed by atoms with E-state index < -0.39 is 0 Å². The van der Waals surface area contributed by atoms with Crippen LogP contribution in [0.1, 0.15) is 266 Å². The van der Waals surface area contributed by atoms with Gasteiger partial charge in [0.2, 0.25) is 11.8 Å². The van der Waals surface area contributed by atoms with Crippen molar-refractivity contribution >= 4 is 75.3 Å². The maximum Gasteiger partial charge on any atom is 0.311 e. The number of rotatable bonds is 17. The van der Waals surface area contributed by atoms with Crippen LogP contribution in [0.3, 0.4) is 0 Å². The van der Waals surface area contributed by atoms with E-state index in [-0.39, 0.29) is 84.2 Å². The largest absolute Gasteiger partial charge is 0.469 e. The Kier molecular flexibility index (Phi) is 32.3. The van der Waals surface area contributed by atoms with Crippen molar-refractivity contribution in [3.63, 3.8) is 0 Å². The van der Waals surface area contributed by atoms with Crippen LogP contribution in [-0.4, -0.2) is 198 Å². The summed E-state index contributed by atoms with van der Waals surface area (Å²) in [7, 11) is 10.3. The number of Topliss-reactive ketones (excluding diaryl/α,β-unsaturated/α-hetero) is 1. The zero-order valence-corrected chi connectivity index (χ0v) is 84.1. The number of aromatic nitrogens is 1. The Morgan fingerprint density at radius 2 is 0.910 bits per heavy atom. The SMILES string of the molecule is CC(C)C(=O)C1C2CCC(CC1c1ccc(I)cc1)N2.CCc1ccc(C2CC3CCC(N3)C2C(=O)OC)cc1.CN1C2CCC1C(C(=O)N1CCCC1)C(c1ccc(Cl)cc1)C2.CN1C2CCC1C(C(=O)NCO)C(c1ccc(Cl)cc1)C2.Cc1ccc(C2CC3CCC(C2C(=O)OC2CCC2)N3C)cc1.Cc1ccc(C2CC3CCC(C2c2ncc(-c4ccccc4)o2)N3C)cc1. The molecule has 0 spiro atoms. The molecule has 24 unspecified atom stereocenters. The average Bonchev–Trinajstić information content (AvgIpc) is 1.59. The molecule has 134 heavy (non-hydrogen) atoms. The average molecular weight is 1970 g/mol. The van der Waals surface area contributed by atoms with Crippen LogP contribution >= 0.6 is 45.8 Å². The normalized spacial score (nSPS) is 32.0. The van der Waals surface area contributed by atoms with Gasteiger partial charge in [-0.2, -0.15) is 0 Å². The monoisotopic (exact) mass is 1970 g/mol. The number of aliphatic hydroxyl groups excluding tert-OH is 1. The molecule has 14 heterocycles. The lowest BCUT2D eigenvalue weighted by molar-refractivity contribution is -0.163. The fraction of sp³-hybridized carbons (Fsp3) is 0.558. The molecule has 1 saturated carbocycles. The lowest BCUT2D eigenvalue weighted by Crippen LogP contribution is -2.52. The Morgan fingerprint density at radius 3 is 1.40 bits per heavy atom. The number of carbonyl (C=O) groups excluding carboxylic acids is 5. The van der Waals surface area contributed by atoms with Crippen molar-refractivity contribution in [2.45, 2.75) is 309 Å². The number of nitrogens with one attached hydrogen (secondary N) is 3. The molecule has 21 heteroatoms. The number of halogens is 3. The third-order valence-electron chi connectivity index (χ3n) is 34.3. The van der Waals surface area contributed by atoms with Crippen LogP contribution in [0.15, 0.2) is 187 Å². The summed E-state index contributed by atoms with van der Waals surface area (Å²) in [6.45, 7) is 12.1. The maximum atomic E-state index is 13.3. The highest BCUT2D eigenvalue weighted by Crippen LogP contribution is 2.55. The van der Waals surface area contributed by atoms with Crippen molar-refractivity contribution in [2.24, 2.45) is 35.5 Å². The van der Waals surface area contributed by atoms with Crippen LogP contribution in [0, 0.1) is 52.9 Å². The first-order valence-electron chi connectivity index (χ1n) is 50.8. The fourth-order valence-electron chi connectivity index (χ4n) is 26.6. The molecule has 716 valence electrons. The Balaban J connectivity index is 0.000000112. The first-order chi connectivity index (χ1) is 64.9. The van der Waals surface area contributed by atoms with E-state index in [1.807, 2.05) is 74.6 Å². The van der Waals surface area contributed by atoms with Crippen LogP contribution in [0.4, 0.5) is 0 Å². The topological polar surface area (TPSA) is 202 Å². The van der Waals surface area contributed by atoms with Gasteiger partial charge in [0.05, 0.1) is 42.9 Å². The number of aryl methyl sites for hydroxylation is 3. The van der Waals surface area contributed by atoms with Crippen molar-refractivity contribution in [1.82, 2.24) is 45.4 Å². The Hall–Kier alpha value is -7.67. The Bertz CT molecular complexity index is 5230. The Labute approximate surface area is 820 Å². The molecular weight excluding hydrogens is 1830 g/mol. The lowest BCUT2D eigenvalue weighted by Gasteiger charge is -2.43. The molecule has 13 saturated heterocycles. The van der Waals surface area contributed by atoms with Crippen molar-refractivity contribution < 1.29 is 43.0 Å². The zero-order chi connectivity index (χ0) is 93.7. The quantitative estimate of drug-likeness (QED) is 0.0380. The number of esters is 2. The number of carbonyl (C=O) groups is 5. The molecule has 7 aromatic carbocycles. The number of nitrogens with zero attached hydrogens (tertiary/aromatic N) is 6. The minimum absolute atomic E-state index is 0.00190. The number of hydrogen-bond donors (Lipinski definition) is 4. The molecule has 4 N–H and O–H groups in total. The van der Waals surface area contributed by atoms with Gasteiger partial charge in [0, 0.05) is 128 Å². The summed E-state index contributed by atoms with van der Waals surface area (Å²) >= 11 is 14.4. The molecule has 22 rings (SSSR count). The second-order valence-electron chi connectivity index (χ2n) is 42.0. The summed E-state index contributed by atoms with van der Waals surface area (Å²) in [5.74, 6) is 5.14. The molecule has 12 bridgehead atoms. The number of likely N-dealkylation sites (N-methyl/N-ethyl adjacent to an activating group) is 1. The van der Waals surface area contributed by atoms with Gasteiger partial charge < -0.3 is 39.8 Å². The van der Waals surface area contributed by atoms with Crippen LogP contribution in [0.2, 0.25) is 10.0 Å². The number of methoxy groups -OCH3 is 1. The molecule has 2 amide bonds. The van der Waals surface area contributed by atoms with Gasteiger partial charge >= 0.3 is 11.9 Å². The fourth-order valence-corrected chi connectivity index (χ4v) is 27.3.